The zero-order valence-electron chi connectivity index (χ0n) is 9.84. The third-order valence-corrected chi connectivity index (χ3v) is 3.42. The number of aliphatic hydroxyl groups excluding tert-OH is 1. The predicted molar refractivity (Wildman–Crippen MR) is 64.2 cm³/mol. The topological polar surface area (TPSA) is 36.4 Å². The van der Waals surface area contributed by atoms with Crippen molar-refractivity contribution in [3.63, 3.8) is 0 Å². The van der Waals surface area contributed by atoms with Crippen LogP contribution < -0.4 is 0 Å². The summed E-state index contributed by atoms with van der Waals surface area (Å²) in [6, 6.07) is 5.98. The number of aliphatic hydroxyl groups is 1. The van der Waals surface area contributed by atoms with Gasteiger partial charge in [0.15, 0.2) is 0 Å². The van der Waals surface area contributed by atoms with Crippen molar-refractivity contribution in [1.82, 2.24) is 9.88 Å². The normalized spacial score (nSPS) is 26.9. The first-order valence-electron chi connectivity index (χ1n) is 6.10. The molecule has 0 amide bonds. The van der Waals surface area contributed by atoms with Gasteiger partial charge in [0.05, 0.1) is 6.10 Å². The maximum atomic E-state index is 9.99. The molecule has 88 valence electrons. The minimum absolute atomic E-state index is 0.162. The molecule has 1 aliphatic heterocycles. The van der Waals surface area contributed by atoms with Gasteiger partial charge in [0.1, 0.15) is 0 Å². The summed E-state index contributed by atoms with van der Waals surface area (Å²) < 4.78 is 0. The number of piperidine rings is 1. The Morgan fingerprint density at radius 3 is 3.06 bits per heavy atom. The van der Waals surface area contributed by atoms with Crippen molar-refractivity contribution in [2.75, 3.05) is 19.6 Å². The molecule has 2 rings (SSSR count). The Morgan fingerprint density at radius 1 is 1.50 bits per heavy atom. The zero-order valence-corrected chi connectivity index (χ0v) is 9.84. The Hall–Kier alpha value is -0.930. The van der Waals surface area contributed by atoms with Crippen molar-refractivity contribution in [1.29, 1.82) is 0 Å². The molecule has 3 heteroatoms. The SMILES string of the molecule is CCN1CCC(O)C(Cc2ccccn2)C1. The van der Waals surface area contributed by atoms with Crippen molar-refractivity contribution < 1.29 is 5.11 Å². The molecule has 2 heterocycles. The molecule has 2 atom stereocenters. The van der Waals surface area contributed by atoms with Crippen molar-refractivity contribution in [2.45, 2.75) is 25.9 Å². The predicted octanol–water partition coefficient (Wildman–Crippen LogP) is 1.33. The van der Waals surface area contributed by atoms with Crippen LogP contribution in [0.15, 0.2) is 24.4 Å². The molecule has 2 unspecified atom stereocenters. The van der Waals surface area contributed by atoms with E-state index in [1.807, 2.05) is 24.4 Å². The van der Waals surface area contributed by atoms with Crippen molar-refractivity contribution in [3.05, 3.63) is 30.1 Å². The largest absolute Gasteiger partial charge is 0.393 e. The molecule has 1 N–H and O–H groups in total. The summed E-state index contributed by atoms with van der Waals surface area (Å²) in [5.41, 5.74) is 1.09. The third-order valence-electron chi connectivity index (χ3n) is 3.42. The number of rotatable bonds is 3. The van der Waals surface area contributed by atoms with E-state index in [1.165, 1.54) is 0 Å². The van der Waals surface area contributed by atoms with E-state index < -0.39 is 0 Å². The molecule has 3 nitrogen and oxygen atoms in total. The molecule has 1 aromatic rings. The van der Waals surface area contributed by atoms with Gasteiger partial charge in [0, 0.05) is 30.9 Å². The monoisotopic (exact) mass is 220 g/mol. The van der Waals surface area contributed by atoms with E-state index in [-0.39, 0.29) is 6.10 Å². The average Bonchev–Trinajstić information content (AvgIpc) is 2.33. The van der Waals surface area contributed by atoms with Crippen LogP contribution in [-0.2, 0) is 6.42 Å². The first-order valence-corrected chi connectivity index (χ1v) is 6.10. The van der Waals surface area contributed by atoms with Gasteiger partial charge < -0.3 is 10.0 Å². The highest BCUT2D eigenvalue weighted by molar-refractivity contribution is 5.05. The number of hydrogen-bond acceptors (Lipinski definition) is 3. The molecular weight excluding hydrogens is 200 g/mol. The van der Waals surface area contributed by atoms with E-state index in [0.717, 1.165) is 38.2 Å². The van der Waals surface area contributed by atoms with E-state index in [4.69, 9.17) is 0 Å². The fourth-order valence-corrected chi connectivity index (χ4v) is 2.37. The Kier molecular flexibility index (Phi) is 3.91. The standard InChI is InChI=1S/C13H20N2O/c1-2-15-8-6-13(16)11(10-15)9-12-5-3-4-7-14-12/h3-5,7,11,13,16H,2,6,8-10H2,1H3. The smallest absolute Gasteiger partial charge is 0.0596 e. The molecule has 1 aliphatic rings. The van der Waals surface area contributed by atoms with E-state index >= 15 is 0 Å². The van der Waals surface area contributed by atoms with Crippen LogP contribution in [0.2, 0.25) is 0 Å². The van der Waals surface area contributed by atoms with Crippen LogP contribution in [0.25, 0.3) is 0 Å². The zero-order chi connectivity index (χ0) is 11.4. The lowest BCUT2D eigenvalue weighted by Crippen LogP contribution is -2.43. The Bertz CT molecular complexity index is 315. The second-order valence-electron chi connectivity index (χ2n) is 4.53. The summed E-state index contributed by atoms with van der Waals surface area (Å²) in [4.78, 5) is 6.73. The van der Waals surface area contributed by atoms with Gasteiger partial charge in [-0.1, -0.05) is 13.0 Å². The lowest BCUT2D eigenvalue weighted by molar-refractivity contribution is 0.0286. The summed E-state index contributed by atoms with van der Waals surface area (Å²) in [5.74, 6) is 0.337. The highest BCUT2D eigenvalue weighted by Gasteiger charge is 2.27. The van der Waals surface area contributed by atoms with Crippen LogP contribution in [0, 0.1) is 5.92 Å². The quantitative estimate of drug-likeness (QED) is 0.835. The Labute approximate surface area is 97.1 Å². The molecule has 0 radical (unpaired) electrons. The lowest BCUT2D eigenvalue weighted by Gasteiger charge is -2.35. The molecule has 0 spiro atoms. The lowest BCUT2D eigenvalue weighted by atomic mass is 9.90. The number of nitrogens with zero attached hydrogens (tertiary/aromatic N) is 2. The minimum atomic E-state index is -0.162. The van der Waals surface area contributed by atoms with Gasteiger partial charge in [-0.15, -0.1) is 0 Å². The van der Waals surface area contributed by atoms with Gasteiger partial charge in [-0.25, -0.2) is 0 Å². The van der Waals surface area contributed by atoms with Gasteiger partial charge in [0.2, 0.25) is 0 Å². The van der Waals surface area contributed by atoms with Gasteiger partial charge in [-0.05, 0) is 31.5 Å². The number of likely N-dealkylation sites (tertiary alicyclic amines) is 1. The molecule has 1 fully saturated rings. The van der Waals surface area contributed by atoms with Crippen molar-refractivity contribution in [2.24, 2.45) is 5.92 Å². The van der Waals surface area contributed by atoms with Gasteiger partial charge in [-0.3, -0.25) is 4.98 Å². The molecule has 0 bridgehead atoms. The molecular formula is C13H20N2O. The molecule has 16 heavy (non-hydrogen) atoms. The van der Waals surface area contributed by atoms with Crippen LogP contribution >= 0.6 is 0 Å². The summed E-state index contributed by atoms with van der Waals surface area (Å²) in [6.45, 7) is 5.27. The van der Waals surface area contributed by atoms with Crippen LogP contribution in [0.3, 0.4) is 0 Å². The maximum absolute atomic E-state index is 9.99. The summed E-state index contributed by atoms with van der Waals surface area (Å²) >= 11 is 0. The molecule has 0 saturated carbocycles. The number of aromatic nitrogens is 1. The van der Waals surface area contributed by atoms with Crippen LogP contribution in [0.4, 0.5) is 0 Å². The van der Waals surface area contributed by atoms with Crippen molar-refractivity contribution in [3.8, 4) is 0 Å². The fourth-order valence-electron chi connectivity index (χ4n) is 2.37. The fraction of sp³-hybridized carbons (Fsp3) is 0.615. The molecule has 0 aromatic carbocycles. The van der Waals surface area contributed by atoms with E-state index in [2.05, 4.69) is 16.8 Å². The second-order valence-corrected chi connectivity index (χ2v) is 4.53. The summed E-state index contributed by atoms with van der Waals surface area (Å²) in [6.07, 6.45) is 3.44. The highest BCUT2D eigenvalue weighted by Crippen LogP contribution is 2.20. The average molecular weight is 220 g/mol. The highest BCUT2D eigenvalue weighted by atomic mass is 16.3. The van der Waals surface area contributed by atoms with E-state index in [1.54, 1.807) is 0 Å². The van der Waals surface area contributed by atoms with Gasteiger partial charge in [-0.2, -0.15) is 0 Å². The summed E-state index contributed by atoms with van der Waals surface area (Å²) in [7, 11) is 0. The van der Waals surface area contributed by atoms with Crippen LogP contribution in [-0.4, -0.2) is 40.7 Å². The first-order chi connectivity index (χ1) is 7.79. The number of pyridine rings is 1. The second kappa shape index (κ2) is 5.41. The molecule has 0 aliphatic carbocycles. The van der Waals surface area contributed by atoms with Crippen LogP contribution in [0.1, 0.15) is 19.0 Å². The minimum Gasteiger partial charge on any atom is -0.393 e. The molecule has 1 aromatic heterocycles. The summed E-state index contributed by atoms with van der Waals surface area (Å²) in [5, 5.41) is 9.99. The molecule has 1 saturated heterocycles. The van der Waals surface area contributed by atoms with Crippen molar-refractivity contribution >= 4 is 0 Å². The maximum Gasteiger partial charge on any atom is 0.0596 e. The van der Waals surface area contributed by atoms with Crippen LogP contribution in [0.5, 0.6) is 0 Å². The third kappa shape index (κ3) is 2.80. The Balaban J connectivity index is 1.97. The number of hydrogen-bond donors (Lipinski definition) is 1. The van der Waals surface area contributed by atoms with Gasteiger partial charge in [0.25, 0.3) is 0 Å². The van der Waals surface area contributed by atoms with Gasteiger partial charge >= 0.3 is 0 Å². The van der Waals surface area contributed by atoms with E-state index in [0.29, 0.717) is 5.92 Å². The Morgan fingerprint density at radius 2 is 2.38 bits per heavy atom. The first kappa shape index (κ1) is 11.6. The van der Waals surface area contributed by atoms with E-state index in [9.17, 15) is 5.11 Å².